The third kappa shape index (κ3) is 3.82. The summed E-state index contributed by atoms with van der Waals surface area (Å²) in [5.74, 6) is 0. The standard InChI is InChI=1S/C24H19ClP.HI/c25-20-16-18-24(19-17-20)26(21-10-4-1-5-11-21,22-12-6-2-7-13-22)23-14-8-3-9-15-23;/h1-19H;1H/q+1;/p-1. The molecule has 0 aliphatic rings. The van der Waals surface area contributed by atoms with Crippen LogP contribution in [-0.2, 0) is 0 Å². The Hall–Kier alpha value is -1.67. The van der Waals surface area contributed by atoms with E-state index >= 15 is 0 Å². The molecular formula is C24H19ClIP. The zero-order chi connectivity index (χ0) is 17.8. The summed E-state index contributed by atoms with van der Waals surface area (Å²) in [6, 6.07) is 40.9. The summed E-state index contributed by atoms with van der Waals surface area (Å²) in [6.45, 7) is 0. The first kappa shape index (κ1) is 20.1. The molecule has 0 aliphatic carbocycles. The van der Waals surface area contributed by atoms with Gasteiger partial charge in [0.25, 0.3) is 0 Å². The fraction of sp³-hybridized carbons (Fsp3) is 0. The third-order valence-electron chi connectivity index (χ3n) is 4.64. The Balaban J connectivity index is 0.00000210. The quantitative estimate of drug-likeness (QED) is 0.297. The predicted octanol–water partition coefficient (Wildman–Crippen LogP) is 1.96. The number of rotatable bonds is 4. The van der Waals surface area contributed by atoms with Crippen LogP contribution >= 0.6 is 18.9 Å². The molecule has 0 saturated heterocycles. The van der Waals surface area contributed by atoms with Gasteiger partial charge in [0.05, 0.1) is 0 Å². The summed E-state index contributed by atoms with van der Waals surface area (Å²) in [5, 5.41) is 6.12. The Morgan fingerprint density at radius 2 is 0.704 bits per heavy atom. The van der Waals surface area contributed by atoms with Crippen LogP contribution < -0.4 is 45.2 Å². The van der Waals surface area contributed by atoms with E-state index in [1.807, 2.05) is 12.1 Å². The minimum absolute atomic E-state index is 0. The van der Waals surface area contributed by atoms with Gasteiger partial charge < -0.3 is 24.0 Å². The van der Waals surface area contributed by atoms with E-state index in [0.29, 0.717) is 0 Å². The molecule has 0 radical (unpaired) electrons. The molecule has 0 fully saturated rings. The minimum Gasteiger partial charge on any atom is -1.00 e. The lowest BCUT2D eigenvalue weighted by Crippen LogP contribution is -3.00. The normalized spacial score (nSPS) is 10.9. The molecule has 0 nitrogen and oxygen atoms in total. The van der Waals surface area contributed by atoms with Crippen LogP contribution in [-0.4, -0.2) is 0 Å². The van der Waals surface area contributed by atoms with Gasteiger partial charge in [-0.1, -0.05) is 66.2 Å². The van der Waals surface area contributed by atoms with E-state index < -0.39 is 7.26 Å². The molecule has 4 rings (SSSR count). The lowest BCUT2D eigenvalue weighted by atomic mass is 10.3. The molecule has 0 N–H and O–H groups in total. The SMILES string of the molecule is Clc1ccc([P+](c2ccccc2)(c2ccccc2)c2ccccc2)cc1.[I-]. The van der Waals surface area contributed by atoms with Crippen molar-refractivity contribution in [2.75, 3.05) is 0 Å². The largest absolute Gasteiger partial charge is 1.00 e. The Kier molecular flexibility index (Phi) is 6.70. The van der Waals surface area contributed by atoms with E-state index in [0.717, 1.165) is 5.02 Å². The van der Waals surface area contributed by atoms with Crippen LogP contribution in [0.1, 0.15) is 0 Å². The average molecular weight is 501 g/mol. The van der Waals surface area contributed by atoms with Gasteiger partial charge in [-0.05, 0) is 60.7 Å². The highest BCUT2D eigenvalue weighted by Gasteiger charge is 2.47. The highest BCUT2D eigenvalue weighted by Crippen LogP contribution is 2.54. The van der Waals surface area contributed by atoms with Crippen molar-refractivity contribution in [1.82, 2.24) is 0 Å². The van der Waals surface area contributed by atoms with Gasteiger partial charge in [-0.25, -0.2) is 0 Å². The van der Waals surface area contributed by atoms with Gasteiger partial charge in [-0.15, -0.1) is 0 Å². The van der Waals surface area contributed by atoms with Gasteiger partial charge in [0.2, 0.25) is 0 Å². The van der Waals surface area contributed by atoms with Gasteiger partial charge >= 0.3 is 0 Å². The Morgan fingerprint density at radius 1 is 0.407 bits per heavy atom. The topological polar surface area (TPSA) is 0 Å². The van der Waals surface area contributed by atoms with Gasteiger partial charge in [0.15, 0.2) is 0 Å². The zero-order valence-electron chi connectivity index (χ0n) is 14.7. The Bertz CT molecular complexity index is 874. The number of hydrogen-bond donors (Lipinski definition) is 0. The van der Waals surface area contributed by atoms with Gasteiger partial charge in [0, 0.05) is 5.02 Å². The predicted molar refractivity (Wildman–Crippen MR) is 116 cm³/mol. The highest BCUT2D eigenvalue weighted by molar-refractivity contribution is 8.01. The van der Waals surface area contributed by atoms with Crippen molar-refractivity contribution in [3.05, 3.63) is 120 Å². The molecule has 4 aromatic rings. The monoisotopic (exact) mass is 500 g/mol. The summed E-state index contributed by atoms with van der Waals surface area (Å²) >= 11 is 6.21. The molecule has 0 aliphatic heterocycles. The fourth-order valence-corrected chi connectivity index (χ4v) is 7.88. The van der Waals surface area contributed by atoms with Crippen molar-refractivity contribution in [2.24, 2.45) is 0 Å². The van der Waals surface area contributed by atoms with E-state index in [4.69, 9.17) is 11.6 Å². The first-order valence-corrected chi connectivity index (χ1v) is 10.8. The van der Waals surface area contributed by atoms with Crippen molar-refractivity contribution in [3.63, 3.8) is 0 Å². The molecular weight excluding hydrogens is 482 g/mol. The molecule has 3 heteroatoms. The van der Waals surface area contributed by atoms with E-state index in [2.05, 4.69) is 103 Å². The summed E-state index contributed by atoms with van der Waals surface area (Å²) in [6.07, 6.45) is 0. The maximum Gasteiger partial charge on any atom is 0.144 e. The summed E-state index contributed by atoms with van der Waals surface area (Å²) < 4.78 is 0. The van der Waals surface area contributed by atoms with Crippen molar-refractivity contribution in [2.45, 2.75) is 0 Å². The molecule has 134 valence electrons. The van der Waals surface area contributed by atoms with Gasteiger partial charge in [-0.2, -0.15) is 0 Å². The van der Waals surface area contributed by atoms with Gasteiger partial charge in [-0.3, -0.25) is 0 Å². The second-order valence-corrected chi connectivity index (χ2v) is 10.00. The van der Waals surface area contributed by atoms with Crippen LogP contribution in [0.15, 0.2) is 115 Å². The Labute approximate surface area is 183 Å². The van der Waals surface area contributed by atoms with Crippen LogP contribution in [0.4, 0.5) is 0 Å². The molecule has 0 bridgehead atoms. The first-order valence-electron chi connectivity index (χ1n) is 8.64. The molecule has 0 heterocycles. The van der Waals surface area contributed by atoms with Crippen molar-refractivity contribution in [3.8, 4) is 0 Å². The van der Waals surface area contributed by atoms with Gasteiger partial charge in [0.1, 0.15) is 28.5 Å². The van der Waals surface area contributed by atoms with Crippen molar-refractivity contribution in [1.29, 1.82) is 0 Å². The second-order valence-electron chi connectivity index (χ2n) is 6.15. The van der Waals surface area contributed by atoms with Crippen LogP contribution in [0.2, 0.25) is 5.02 Å². The van der Waals surface area contributed by atoms with Crippen molar-refractivity contribution < 1.29 is 24.0 Å². The van der Waals surface area contributed by atoms with Crippen LogP contribution in [0.25, 0.3) is 0 Å². The smallest absolute Gasteiger partial charge is 0.144 e. The highest BCUT2D eigenvalue weighted by atomic mass is 127. The molecule has 0 spiro atoms. The molecule has 0 unspecified atom stereocenters. The van der Waals surface area contributed by atoms with Crippen LogP contribution in [0, 0.1) is 0 Å². The van der Waals surface area contributed by atoms with E-state index in [1.165, 1.54) is 21.2 Å². The van der Waals surface area contributed by atoms with Crippen molar-refractivity contribution >= 4 is 40.1 Å². The number of hydrogen-bond acceptors (Lipinski definition) is 0. The zero-order valence-corrected chi connectivity index (χ0v) is 18.5. The fourth-order valence-electron chi connectivity index (χ4n) is 3.51. The van der Waals surface area contributed by atoms with E-state index in [9.17, 15) is 0 Å². The van der Waals surface area contributed by atoms with Crippen LogP contribution in [0.5, 0.6) is 0 Å². The lowest BCUT2D eigenvalue weighted by Gasteiger charge is -2.27. The maximum absolute atomic E-state index is 6.21. The summed E-state index contributed by atoms with van der Waals surface area (Å²) in [5.41, 5.74) is 0. The molecule has 4 aromatic carbocycles. The molecule has 0 amide bonds. The minimum atomic E-state index is -1.98. The summed E-state index contributed by atoms with van der Waals surface area (Å²) in [7, 11) is -1.98. The molecule has 27 heavy (non-hydrogen) atoms. The number of benzene rings is 4. The van der Waals surface area contributed by atoms with E-state index in [1.54, 1.807) is 0 Å². The third-order valence-corrected chi connectivity index (χ3v) is 9.19. The Morgan fingerprint density at radius 3 is 1.04 bits per heavy atom. The second kappa shape index (κ2) is 9.01. The average Bonchev–Trinajstić information content (AvgIpc) is 2.72. The molecule has 0 saturated carbocycles. The maximum atomic E-state index is 6.21. The first-order chi connectivity index (χ1) is 12.8. The molecule has 0 atom stereocenters. The number of halogens is 2. The van der Waals surface area contributed by atoms with Crippen LogP contribution in [0.3, 0.4) is 0 Å². The van der Waals surface area contributed by atoms with E-state index in [-0.39, 0.29) is 24.0 Å². The molecule has 0 aromatic heterocycles. The summed E-state index contributed by atoms with van der Waals surface area (Å²) in [4.78, 5) is 0. The lowest BCUT2D eigenvalue weighted by molar-refractivity contribution is -0.00000484.